The van der Waals surface area contributed by atoms with Crippen molar-refractivity contribution in [3.63, 3.8) is 0 Å². The van der Waals surface area contributed by atoms with Crippen LogP contribution in [0.1, 0.15) is 35.2 Å². The fourth-order valence-corrected chi connectivity index (χ4v) is 7.67. The number of hydrogen-bond acceptors (Lipinski definition) is 5. The van der Waals surface area contributed by atoms with Crippen LogP contribution in [0.4, 0.5) is 4.39 Å². The third-order valence-corrected chi connectivity index (χ3v) is 9.87. The van der Waals surface area contributed by atoms with Gasteiger partial charge in [-0.25, -0.2) is 4.39 Å². The van der Waals surface area contributed by atoms with Gasteiger partial charge in [-0.05, 0) is 104 Å². The molecule has 5 rings (SSSR count). The quantitative estimate of drug-likeness (QED) is 0.0665. The number of benzene rings is 4. The summed E-state index contributed by atoms with van der Waals surface area (Å²) in [5, 5.41) is 3.17. The third-order valence-electron chi connectivity index (χ3n) is 7.54. The summed E-state index contributed by atoms with van der Waals surface area (Å²) >= 11 is 6.66. The molecular weight excluding hydrogens is 844 g/mol. The van der Waals surface area contributed by atoms with Crippen molar-refractivity contribution < 1.29 is 23.5 Å². The molecule has 0 spiro atoms. The number of amidine groups is 1. The number of allylic oxidation sites excluding steroid dienone is 4. The van der Waals surface area contributed by atoms with E-state index < -0.39 is 17.9 Å². The molecule has 0 radical (unpaired) electrons. The highest BCUT2D eigenvalue weighted by Crippen LogP contribution is 2.34. The van der Waals surface area contributed by atoms with Gasteiger partial charge >= 0.3 is 0 Å². The molecule has 1 N–H and O–H groups in total. The summed E-state index contributed by atoms with van der Waals surface area (Å²) in [6.07, 6.45) is 8.13. The van der Waals surface area contributed by atoms with Crippen molar-refractivity contribution in [2.24, 2.45) is 4.99 Å². The van der Waals surface area contributed by atoms with Gasteiger partial charge in [-0.1, -0.05) is 109 Å². The first-order valence-corrected chi connectivity index (χ1v) is 18.6. The molecule has 1 aliphatic rings. The summed E-state index contributed by atoms with van der Waals surface area (Å²) in [6.45, 7) is 5.71. The number of nitrogens with zero attached hydrogens (tertiary/aromatic N) is 2. The Hall–Kier alpha value is -4.59. The van der Waals surface area contributed by atoms with E-state index in [4.69, 9.17) is 4.74 Å². The van der Waals surface area contributed by atoms with Crippen LogP contribution in [0, 0.1) is 9.39 Å². The molecule has 11 heteroatoms. The van der Waals surface area contributed by atoms with Crippen molar-refractivity contribution in [1.29, 1.82) is 0 Å². The predicted molar refractivity (Wildman–Crippen MR) is 213 cm³/mol. The molecule has 0 saturated heterocycles. The van der Waals surface area contributed by atoms with E-state index in [1.165, 1.54) is 23.1 Å². The van der Waals surface area contributed by atoms with Gasteiger partial charge in [0.25, 0.3) is 11.8 Å². The average Bonchev–Trinajstić information content (AvgIpc) is 3.13. The molecule has 0 fully saturated rings. The Morgan fingerprint density at radius 3 is 2.27 bits per heavy atom. The third kappa shape index (κ3) is 9.81. The van der Waals surface area contributed by atoms with E-state index >= 15 is 0 Å². The van der Waals surface area contributed by atoms with Gasteiger partial charge in [0.1, 0.15) is 23.7 Å². The van der Waals surface area contributed by atoms with Crippen LogP contribution in [0.3, 0.4) is 0 Å². The molecule has 0 aromatic heterocycles. The highest BCUT2D eigenvalue weighted by atomic mass is 127. The van der Waals surface area contributed by atoms with Crippen molar-refractivity contribution in [1.82, 2.24) is 10.2 Å². The van der Waals surface area contributed by atoms with Gasteiger partial charge in [-0.15, -0.1) is 0 Å². The number of carbonyl (C=O) groups excluding carboxylic acids is 3. The number of carbonyl (C=O) groups is 3. The zero-order valence-corrected chi connectivity index (χ0v) is 32.0. The predicted octanol–water partition coefficient (Wildman–Crippen LogP) is 9.17. The second-order valence-electron chi connectivity index (χ2n) is 11.0. The minimum absolute atomic E-state index is 0.0791. The summed E-state index contributed by atoms with van der Waals surface area (Å²) < 4.78 is 20.6. The van der Waals surface area contributed by atoms with Crippen LogP contribution >= 0.6 is 50.3 Å². The monoisotopic (exact) mass is 875 g/mol. The van der Waals surface area contributed by atoms with Crippen LogP contribution in [0.2, 0.25) is 0 Å². The number of thioether (sulfide) groups is 1. The molecule has 1 aliphatic heterocycles. The minimum atomic E-state index is -0.725. The number of rotatable bonds is 12. The summed E-state index contributed by atoms with van der Waals surface area (Å²) in [5.41, 5.74) is 3.50. The molecule has 3 amide bonds. The number of halogens is 3. The first kappa shape index (κ1) is 37.7. The van der Waals surface area contributed by atoms with E-state index in [0.717, 1.165) is 32.0 Å². The lowest BCUT2D eigenvalue weighted by molar-refractivity contribution is -0.126. The van der Waals surface area contributed by atoms with E-state index in [9.17, 15) is 18.8 Å². The lowest BCUT2D eigenvalue weighted by Crippen LogP contribution is -2.42. The van der Waals surface area contributed by atoms with Crippen LogP contribution < -0.4 is 10.1 Å². The fourth-order valence-electron chi connectivity index (χ4n) is 5.10. The van der Waals surface area contributed by atoms with Crippen LogP contribution in [-0.4, -0.2) is 33.5 Å². The van der Waals surface area contributed by atoms with E-state index in [1.54, 1.807) is 55.5 Å². The van der Waals surface area contributed by atoms with E-state index in [-0.39, 0.29) is 34.8 Å². The Balaban J connectivity index is 1.39. The molecule has 4 aromatic carbocycles. The van der Waals surface area contributed by atoms with Crippen molar-refractivity contribution in [3.8, 4) is 5.75 Å². The Bertz CT molecular complexity index is 1990. The maximum Gasteiger partial charge on any atom is 0.285 e. The molecular formula is C40H32BrFIN3O4S. The molecule has 0 bridgehead atoms. The summed E-state index contributed by atoms with van der Waals surface area (Å²) in [5.74, 6) is -1.48. The van der Waals surface area contributed by atoms with Gasteiger partial charge < -0.3 is 10.1 Å². The first-order chi connectivity index (χ1) is 24.7. The Labute approximate surface area is 322 Å². The summed E-state index contributed by atoms with van der Waals surface area (Å²) in [6, 6.07) is 28.4. The maximum absolute atomic E-state index is 14.1. The molecule has 0 unspecified atom stereocenters. The van der Waals surface area contributed by atoms with Crippen LogP contribution in [-0.2, 0) is 21.0 Å². The highest BCUT2D eigenvalue weighted by molar-refractivity contribution is 14.1. The maximum atomic E-state index is 14.1. The van der Waals surface area contributed by atoms with Gasteiger partial charge in [0.15, 0.2) is 5.17 Å². The van der Waals surface area contributed by atoms with E-state index in [0.29, 0.717) is 21.5 Å². The second-order valence-corrected chi connectivity index (χ2v) is 14.0. The fraction of sp³-hybridized carbons (Fsp3) is 0.100. The average molecular weight is 877 g/mol. The Morgan fingerprint density at radius 2 is 1.69 bits per heavy atom. The summed E-state index contributed by atoms with van der Waals surface area (Å²) in [7, 11) is 0. The standard InChI is InChI=1S/C40H32BrFIN3O4S/c1-3-5-16-31(4-2)46-39(49)32(21-27-22-33(41)37(34(43)23-27)50-24-26-17-19-30(42)20-18-26)38(48)45-40(46)51-25-35(47)44-36(28-12-8-6-9-13-28)29-14-10-7-11-15-29/h3-23,36H,1,24-25H2,2H3,(H,44,47)/b16-5-,31-4+,32-21+. The first-order valence-electron chi connectivity index (χ1n) is 15.7. The molecule has 51 heavy (non-hydrogen) atoms. The van der Waals surface area contributed by atoms with Gasteiger partial charge in [0.2, 0.25) is 5.91 Å². The number of aliphatic imine (C=N–C) groups is 1. The topological polar surface area (TPSA) is 88.1 Å². The van der Waals surface area contributed by atoms with Crippen molar-refractivity contribution in [3.05, 3.63) is 175 Å². The van der Waals surface area contributed by atoms with Crippen molar-refractivity contribution in [2.45, 2.75) is 19.6 Å². The molecule has 0 aliphatic carbocycles. The van der Waals surface area contributed by atoms with Crippen molar-refractivity contribution in [2.75, 3.05) is 5.75 Å². The van der Waals surface area contributed by atoms with Crippen LogP contribution in [0.5, 0.6) is 5.75 Å². The number of hydrogen-bond donors (Lipinski definition) is 1. The normalized spacial score (nSPS) is 14.3. The number of ether oxygens (including phenoxy) is 1. The molecule has 0 saturated carbocycles. The summed E-state index contributed by atoms with van der Waals surface area (Å²) in [4.78, 5) is 46.6. The van der Waals surface area contributed by atoms with Gasteiger partial charge in [-0.2, -0.15) is 4.99 Å². The van der Waals surface area contributed by atoms with Gasteiger partial charge in [-0.3, -0.25) is 19.3 Å². The lowest BCUT2D eigenvalue weighted by atomic mass is 9.99. The SMILES string of the molecule is C=C/C=C\C(=C/C)N1C(=O)/C(=C/c2cc(Br)c(OCc3ccc(F)cc3)c(I)c2)C(=O)N=C1SCC(=O)NC(c1ccccc1)c1ccccc1. The molecule has 0 atom stereocenters. The molecule has 7 nitrogen and oxygen atoms in total. The lowest BCUT2D eigenvalue weighted by Gasteiger charge is -2.28. The van der Waals surface area contributed by atoms with Gasteiger partial charge in [0, 0.05) is 5.70 Å². The Morgan fingerprint density at radius 1 is 1.04 bits per heavy atom. The number of amides is 3. The second kappa shape index (κ2) is 18.1. The number of nitrogens with one attached hydrogen (secondary N) is 1. The Kier molecular flexibility index (Phi) is 13.3. The minimum Gasteiger partial charge on any atom is -0.487 e. The van der Waals surface area contributed by atoms with Crippen LogP contribution in [0.15, 0.2) is 149 Å². The molecule has 258 valence electrons. The largest absolute Gasteiger partial charge is 0.487 e. The van der Waals surface area contributed by atoms with E-state index in [1.807, 2.05) is 60.7 Å². The highest BCUT2D eigenvalue weighted by Gasteiger charge is 2.35. The zero-order chi connectivity index (χ0) is 36.3. The molecule has 4 aromatic rings. The van der Waals surface area contributed by atoms with Gasteiger partial charge in [0.05, 0.1) is 19.8 Å². The molecule has 1 heterocycles. The van der Waals surface area contributed by atoms with E-state index in [2.05, 4.69) is 55.4 Å². The zero-order valence-electron chi connectivity index (χ0n) is 27.4. The van der Waals surface area contributed by atoms with Crippen molar-refractivity contribution >= 4 is 79.2 Å². The smallest absolute Gasteiger partial charge is 0.285 e. The van der Waals surface area contributed by atoms with Crippen LogP contribution in [0.25, 0.3) is 6.08 Å².